The molecule has 0 bridgehead atoms. The van der Waals surface area contributed by atoms with Crippen LogP contribution in [0.3, 0.4) is 0 Å². The van der Waals surface area contributed by atoms with E-state index < -0.39 is 0 Å². The average molecular weight is 505 g/mol. The normalized spacial score (nSPS) is 19.1. The van der Waals surface area contributed by atoms with Gasteiger partial charge in [-0.1, -0.05) is 24.3 Å². The topological polar surface area (TPSA) is 84.0 Å². The van der Waals surface area contributed by atoms with Gasteiger partial charge in [-0.05, 0) is 49.1 Å². The Labute approximate surface area is 213 Å². The molecule has 1 aliphatic carbocycles. The van der Waals surface area contributed by atoms with Crippen LogP contribution in [-0.2, 0) is 17.8 Å². The van der Waals surface area contributed by atoms with Crippen LogP contribution in [0.2, 0.25) is 0 Å². The smallest absolute Gasteiger partial charge is 0.257 e. The molecule has 3 aliphatic rings. The van der Waals surface area contributed by atoms with Gasteiger partial charge in [0.15, 0.2) is 16.6 Å². The highest BCUT2D eigenvalue weighted by Gasteiger charge is 2.34. The molecule has 6 rings (SSSR count). The number of fused-ring (bicyclic) bond motifs is 2. The fourth-order valence-electron chi connectivity index (χ4n) is 5.12. The lowest BCUT2D eigenvalue weighted by molar-refractivity contribution is -0.135. The molecule has 2 aromatic carbocycles. The molecule has 1 N–H and O–H groups in total. The second-order valence-electron chi connectivity index (χ2n) is 9.38. The number of rotatable bonds is 5. The number of carbonyl (C=O) groups excluding carboxylic acids is 2. The average Bonchev–Trinajstić information content (AvgIpc) is 3.55. The molecular weight excluding hydrogens is 476 g/mol. The van der Waals surface area contributed by atoms with Crippen molar-refractivity contribution < 1.29 is 19.1 Å². The van der Waals surface area contributed by atoms with Gasteiger partial charge in [-0.15, -0.1) is 11.3 Å². The number of hydrogen-bond acceptors (Lipinski definition) is 7. The summed E-state index contributed by atoms with van der Waals surface area (Å²) in [5, 5.41) is 3.49. The van der Waals surface area contributed by atoms with Gasteiger partial charge in [-0.2, -0.15) is 0 Å². The van der Waals surface area contributed by atoms with Crippen LogP contribution in [-0.4, -0.2) is 59.6 Å². The van der Waals surface area contributed by atoms with Crippen molar-refractivity contribution in [3.05, 3.63) is 70.2 Å². The largest absolute Gasteiger partial charge is 0.454 e. The van der Waals surface area contributed by atoms with Crippen LogP contribution in [0.4, 0.5) is 5.13 Å². The van der Waals surface area contributed by atoms with E-state index in [4.69, 9.17) is 14.5 Å². The molecule has 0 radical (unpaired) electrons. The summed E-state index contributed by atoms with van der Waals surface area (Å²) in [7, 11) is 0. The van der Waals surface area contributed by atoms with Crippen LogP contribution in [0.5, 0.6) is 11.5 Å². The van der Waals surface area contributed by atoms with E-state index in [2.05, 4.69) is 16.3 Å². The molecule has 0 spiro atoms. The van der Waals surface area contributed by atoms with Gasteiger partial charge in [0.05, 0.1) is 11.6 Å². The molecule has 1 atom stereocenters. The van der Waals surface area contributed by atoms with Gasteiger partial charge in [0.25, 0.3) is 5.91 Å². The first-order valence-electron chi connectivity index (χ1n) is 12.4. The van der Waals surface area contributed by atoms with Gasteiger partial charge in [0.1, 0.15) is 0 Å². The Bertz CT molecular complexity index is 1270. The molecule has 1 fully saturated rings. The molecule has 3 aromatic rings. The minimum absolute atomic E-state index is 0.157. The van der Waals surface area contributed by atoms with Gasteiger partial charge in [-0.3, -0.25) is 19.8 Å². The zero-order chi connectivity index (χ0) is 24.5. The lowest BCUT2D eigenvalue weighted by Gasteiger charge is -2.37. The Morgan fingerprint density at radius 3 is 2.67 bits per heavy atom. The lowest BCUT2D eigenvalue weighted by Crippen LogP contribution is -2.49. The Morgan fingerprint density at radius 2 is 1.83 bits per heavy atom. The van der Waals surface area contributed by atoms with Gasteiger partial charge < -0.3 is 14.4 Å². The fraction of sp³-hybridized carbons (Fsp3) is 0.370. The van der Waals surface area contributed by atoms with Crippen molar-refractivity contribution in [1.29, 1.82) is 0 Å². The minimum atomic E-state index is -0.229. The maximum absolute atomic E-state index is 13.5. The van der Waals surface area contributed by atoms with Crippen molar-refractivity contribution in [3.63, 3.8) is 0 Å². The number of anilines is 1. The first-order chi connectivity index (χ1) is 17.6. The summed E-state index contributed by atoms with van der Waals surface area (Å²) < 4.78 is 10.9. The number of nitrogens with zero attached hydrogens (tertiary/aromatic N) is 3. The molecule has 1 aromatic heterocycles. The van der Waals surface area contributed by atoms with Crippen molar-refractivity contribution in [2.45, 2.75) is 31.7 Å². The van der Waals surface area contributed by atoms with E-state index in [1.54, 1.807) is 12.1 Å². The van der Waals surface area contributed by atoms with Crippen molar-refractivity contribution in [1.82, 2.24) is 14.8 Å². The third-order valence-corrected chi connectivity index (χ3v) is 8.08. The zero-order valence-corrected chi connectivity index (χ0v) is 20.8. The van der Waals surface area contributed by atoms with Crippen LogP contribution >= 0.6 is 11.3 Å². The van der Waals surface area contributed by atoms with E-state index in [0.29, 0.717) is 23.8 Å². The number of nitrogens with one attached hydrogen (secondary N) is 1. The monoisotopic (exact) mass is 504 g/mol. The van der Waals surface area contributed by atoms with Crippen LogP contribution in [0, 0.1) is 0 Å². The molecule has 36 heavy (non-hydrogen) atoms. The first kappa shape index (κ1) is 23.0. The highest BCUT2D eigenvalue weighted by Crippen LogP contribution is 2.38. The number of hydrogen-bond donors (Lipinski definition) is 1. The number of piperazine rings is 1. The van der Waals surface area contributed by atoms with Gasteiger partial charge in [0.2, 0.25) is 12.7 Å². The van der Waals surface area contributed by atoms with Crippen molar-refractivity contribution in [3.8, 4) is 11.5 Å². The molecule has 0 saturated carbocycles. The van der Waals surface area contributed by atoms with E-state index in [0.717, 1.165) is 61.0 Å². The number of carbonyl (C=O) groups is 2. The number of benzene rings is 2. The predicted octanol–water partition coefficient (Wildman–Crippen LogP) is 3.89. The van der Waals surface area contributed by atoms with Gasteiger partial charge >= 0.3 is 0 Å². The summed E-state index contributed by atoms with van der Waals surface area (Å²) in [5.74, 6) is 1.35. The van der Waals surface area contributed by atoms with Crippen molar-refractivity contribution >= 4 is 28.3 Å². The lowest BCUT2D eigenvalue weighted by atomic mass is 9.89. The number of amides is 2. The molecule has 9 heteroatoms. The molecule has 186 valence electrons. The standard InChI is InChI=1S/C27H28N4O4S/c32-25(19-5-2-1-3-6-19)29-27-28-24-20(7-4-8-23(24)36-27)26(33)31-13-11-30(12-14-31)16-18-9-10-21-22(15-18)35-17-34-21/h1-3,5-6,9-10,15,20H,4,7-8,11-14,16-17H2,(H,28,29,32). The number of thiazole rings is 1. The molecule has 8 nitrogen and oxygen atoms in total. The minimum Gasteiger partial charge on any atom is -0.454 e. The molecule has 1 saturated heterocycles. The number of aryl methyl sites for hydroxylation is 1. The summed E-state index contributed by atoms with van der Waals surface area (Å²) >= 11 is 1.49. The SMILES string of the molecule is O=C(Nc1nc2c(s1)CCCC2C(=O)N1CCN(Cc2ccc3c(c2)OCO3)CC1)c1ccccc1. The molecule has 2 aliphatic heterocycles. The second kappa shape index (κ2) is 9.91. The summed E-state index contributed by atoms with van der Waals surface area (Å²) in [5.41, 5.74) is 2.63. The molecule has 1 unspecified atom stereocenters. The van der Waals surface area contributed by atoms with E-state index in [9.17, 15) is 9.59 Å². The summed E-state index contributed by atoms with van der Waals surface area (Å²) in [6.07, 6.45) is 2.67. The molecule has 3 heterocycles. The first-order valence-corrected chi connectivity index (χ1v) is 13.2. The summed E-state index contributed by atoms with van der Waals surface area (Å²) in [6.45, 7) is 4.17. The van der Waals surface area contributed by atoms with E-state index >= 15 is 0 Å². The Hall–Kier alpha value is -3.43. The Kier molecular flexibility index (Phi) is 6.33. The van der Waals surface area contributed by atoms with Crippen molar-refractivity contribution in [2.75, 3.05) is 38.3 Å². The Morgan fingerprint density at radius 1 is 1.03 bits per heavy atom. The van der Waals surface area contributed by atoms with E-state index in [-0.39, 0.29) is 24.5 Å². The fourth-order valence-corrected chi connectivity index (χ4v) is 6.18. The van der Waals surface area contributed by atoms with E-state index in [1.807, 2.05) is 35.2 Å². The van der Waals surface area contributed by atoms with Gasteiger partial charge in [-0.25, -0.2) is 4.98 Å². The van der Waals surface area contributed by atoms with Crippen LogP contribution < -0.4 is 14.8 Å². The van der Waals surface area contributed by atoms with E-state index in [1.165, 1.54) is 16.9 Å². The molecular formula is C27H28N4O4S. The van der Waals surface area contributed by atoms with Crippen LogP contribution in [0.1, 0.15) is 45.3 Å². The highest BCUT2D eigenvalue weighted by atomic mass is 32.1. The predicted molar refractivity (Wildman–Crippen MR) is 137 cm³/mol. The van der Waals surface area contributed by atoms with Crippen LogP contribution in [0.15, 0.2) is 48.5 Å². The van der Waals surface area contributed by atoms with Gasteiger partial charge in [0, 0.05) is 43.2 Å². The maximum atomic E-state index is 13.5. The van der Waals surface area contributed by atoms with Crippen molar-refractivity contribution in [2.24, 2.45) is 0 Å². The van der Waals surface area contributed by atoms with Crippen LogP contribution in [0.25, 0.3) is 0 Å². The number of ether oxygens (including phenoxy) is 2. The second-order valence-corrected chi connectivity index (χ2v) is 10.5. The number of aromatic nitrogens is 1. The zero-order valence-electron chi connectivity index (χ0n) is 19.9. The quantitative estimate of drug-likeness (QED) is 0.568. The highest BCUT2D eigenvalue weighted by molar-refractivity contribution is 7.16. The maximum Gasteiger partial charge on any atom is 0.257 e. The third-order valence-electron chi connectivity index (χ3n) is 7.04. The Balaban J connectivity index is 1.07. The summed E-state index contributed by atoms with van der Waals surface area (Å²) in [6, 6.07) is 15.2. The molecule has 2 amide bonds. The third kappa shape index (κ3) is 4.68. The summed E-state index contributed by atoms with van der Waals surface area (Å²) in [4.78, 5) is 36.3.